The summed E-state index contributed by atoms with van der Waals surface area (Å²) in [6.45, 7) is 9.69. The van der Waals surface area contributed by atoms with Crippen LogP contribution >= 0.6 is 0 Å². The van der Waals surface area contributed by atoms with Crippen LogP contribution in [0.1, 0.15) is 31.2 Å². The molecule has 0 aliphatic carbocycles. The molecule has 2 heterocycles. The quantitative estimate of drug-likeness (QED) is 0.848. The fraction of sp³-hybridized carbons (Fsp3) is 0.769. The highest BCUT2D eigenvalue weighted by Crippen LogP contribution is 2.14. The third-order valence-electron chi connectivity index (χ3n) is 3.58. The summed E-state index contributed by atoms with van der Waals surface area (Å²) in [5, 5.41) is 3.47. The first-order valence-electron chi connectivity index (χ1n) is 6.61. The van der Waals surface area contributed by atoms with Gasteiger partial charge in [-0.2, -0.15) is 0 Å². The minimum atomic E-state index is 0.788. The molecule has 1 aliphatic rings. The van der Waals surface area contributed by atoms with E-state index in [4.69, 9.17) is 4.42 Å². The van der Waals surface area contributed by atoms with E-state index in [0.29, 0.717) is 0 Å². The highest BCUT2D eigenvalue weighted by Gasteiger charge is 2.17. The van der Waals surface area contributed by atoms with Gasteiger partial charge >= 0.3 is 0 Å². The van der Waals surface area contributed by atoms with Crippen molar-refractivity contribution in [3.8, 4) is 0 Å². The minimum absolute atomic E-state index is 0.788. The smallest absolute Gasteiger partial charge is 0.181 e. The van der Waals surface area contributed by atoms with E-state index in [1.807, 2.05) is 6.92 Å². The molecule has 4 nitrogen and oxygen atoms in total. The van der Waals surface area contributed by atoms with Crippen molar-refractivity contribution in [1.29, 1.82) is 0 Å². The monoisotopic (exact) mass is 237 g/mol. The molecule has 1 unspecified atom stereocenters. The van der Waals surface area contributed by atoms with Crippen molar-refractivity contribution in [1.82, 2.24) is 15.2 Å². The Balaban J connectivity index is 1.85. The zero-order valence-electron chi connectivity index (χ0n) is 10.9. The number of piperidine rings is 1. The van der Waals surface area contributed by atoms with E-state index in [1.165, 1.54) is 19.4 Å². The normalized spacial score (nSPS) is 21.0. The van der Waals surface area contributed by atoms with Gasteiger partial charge in [-0.05, 0) is 45.3 Å². The van der Waals surface area contributed by atoms with Gasteiger partial charge in [0.1, 0.15) is 5.76 Å². The van der Waals surface area contributed by atoms with E-state index < -0.39 is 0 Å². The van der Waals surface area contributed by atoms with Crippen molar-refractivity contribution in [2.24, 2.45) is 5.92 Å². The summed E-state index contributed by atoms with van der Waals surface area (Å²) in [7, 11) is 0. The van der Waals surface area contributed by atoms with Crippen LogP contribution < -0.4 is 5.32 Å². The molecule has 0 radical (unpaired) electrons. The second-order valence-electron chi connectivity index (χ2n) is 4.90. The second kappa shape index (κ2) is 6.17. The molecule has 0 spiro atoms. The fourth-order valence-corrected chi connectivity index (χ4v) is 2.44. The van der Waals surface area contributed by atoms with Crippen molar-refractivity contribution in [2.45, 2.75) is 33.2 Å². The van der Waals surface area contributed by atoms with Gasteiger partial charge < -0.3 is 9.73 Å². The Morgan fingerprint density at radius 3 is 3.06 bits per heavy atom. The first-order chi connectivity index (χ1) is 8.29. The van der Waals surface area contributed by atoms with Crippen LogP contribution in [0.25, 0.3) is 0 Å². The van der Waals surface area contributed by atoms with E-state index in [9.17, 15) is 0 Å². The summed E-state index contributed by atoms with van der Waals surface area (Å²) in [4.78, 5) is 6.73. The lowest BCUT2D eigenvalue weighted by Crippen LogP contribution is -2.38. The van der Waals surface area contributed by atoms with Crippen LogP contribution in [0.15, 0.2) is 10.8 Å². The molecule has 1 aliphatic heterocycles. The molecule has 0 saturated carbocycles. The van der Waals surface area contributed by atoms with Gasteiger partial charge in [-0.25, -0.2) is 4.98 Å². The van der Waals surface area contributed by atoms with Crippen molar-refractivity contribution in [3.63, 3.8) is 0 Å². The van der Waals surface area contributed by atoms with Gasteiger partial charge in [0, 0.05) is 13.1 Å². The number of hydrogen-bond donors (Lipinski definition) is 1. The highest BCUT2D eigenvalue weighted by molar-refractivity contribution is 5.04. The van der Waals surface area contributed by atoms with Crippen molar-refractivity contribution in [3.05, 3.63) is 17.8 Å². The maximum Gasteiger partial charge on any atom is 0.181 e. The molecular formula is C13H23N3O. The minimum Gasteiger partial charge on any atom is -0.448 e. The molecule has 0 bridgehead atoms. The van der Waals surface area contributed by atoms with Crippen LogP contribution in [0.4, 0.5) is 0 Å². The number of aromatic nitrogens is 1. The Labute approximate surface area is 103 Å². The van der Waals surface area contributed by atoms with Crippen LogP contribution in [0.5, 0.6) is 0 Å². The Hall–Kier alpha value is -0.870. The lowest BCUT2D eigenvalue weighted by Gasteiger charge is -2.29. The third kappa shape index (κ3) is 3.54. The SMILES string of the molecule is CCN(Cc1ncoc1C)CC1CCCNC1. The molecule has 96 valence electrons. The summed E-state index contributed by atoms with van der Waals surface area (Å²) in [5.41, 5.74) is 1.08. The van der Waals surface area contributed by atoms with E-state index in [-0.39, 0.29) is 0 Å². The molecular weight excluding hydrogens is 214 g/mol. The summed E-state index contributed by atoms with van der Waals surface area (Å²) < 4.78 is 5.25. The summed E-state index contributed by atoms with van der Waals surface area (Å²) in [6, 6.07) is 0. The highest BCUT2D eigenvalue weighted by atomic mass is 16.3. The Bertz CT molecular complexity index is 331. The lowest BCUT2D eigenvalue weighted by atomic mass is 9.99. The van der Waals surface area contributed by atoms with Crippen LogP contribution in [0.2, 0.25) is 0 Å². The molecule has 17 heavy (non-hydrogen) atoms. The van der Waals surface area contributed by atoms with Crippen molar-refractivity contribution >= 4 is 0 Å². The van der Waals surface area contributed by atoms with E-state index in [2.05, 4.69) is 22.1 Å². The van der Waals surface area contributed by atoms with Crippen LogP contribution in [-0.4, -0.2) is 36.1 Å². The zero-order valence-corrected chi connectivity index (χ0v) is 10.9. The first kappa shape index (κ1) is 12.6. The third-order valence-corrected chi connectivity index (χ3v) is 3.58. The van der Waals surface area contributed by atoms with Gasteiger partial charge in [0.2, 0.25) is 0 Å². The zero-order chi connectivity index (χ0) is 12.1. The number of nitrogens with one attached hydrogen (secondary N) is 1. The van der Waals surface area contributed by atoms with Gasteiger partial charge in [-0.1, -0.05) is 6.92 Å². The number of hydrogen-bond acceptors (Lipinski definition) is 4. The molecule has 1 saturated heterocycles. The topological polar surface area (TPSA) is 41.3 Å². The van der Waals surface area contributed by atoms with Crippen LogP contribution in [0.3, 0.4) is 0 Å². The van der Waals surface area contributed by atoms with Gasteiger partial charge in [0.25, 0.3) is 0 Å². The predicted molar refractivity (Wildman–Crippen MR) is 67.8 cm³/mol. The first-order valence-corrected chi connectivity index (χ1v) is 6.61. The van der Waals surface area contributed by atoms with E-state index >= 15 is 0 Å². The largest absolute Gasteiger partial charge is 0.448 e. The lowest BCUT2D eigenvalue weighted by molar-refractivity contribution is 0.207. The Kier molecular flexibility index (Phi) is 4.57. The van der Waals surface area contributed by atoms with E-state index in [0.717, 1.165) is 43.6 Å². The molecule has 2 rings (SSSR count). The molecule has 1 fully saturated rings. The Morgan fingerprint density at radius 2 is 2.47 bits per heavy atom. The molecule has 1 aromatic rings. The van der Waals surface area contributed by atoms with Crippen molar-refractivity contribution in [2.75, 3.05) is 26.2 Å². The van der Waals surface area contributed by atoms with Crippen LogP contribution in [-0.2, 0) is 6.54 Å². The molecule has 0 aromatic carbocycles. The maximum absolute atomic E-state index is 5.25. The second-order valence-corrected chi connectivity index (χ2v) is 4.90. The fourth-order valence-electron chi connectivity index (χ4n) is 2.44. The van der Waals surface area contributed by atoms with E-state index in [1.54, 1.807) is 6.39 Å². The Morgan fingerprint density at radius 1 is 1.59 bits per heavy atom. The number of rotatable bonds is 5. The van der Waals surface area contributed by atoms with Gasteiger partial charge in [0.15, 0.2) is 6.39 Å². The summed E-state index contributed by atoms with van der Waals surface area (Å²) >= 11 is 0. The molecule has 1 N–H and O–H groups in total. The average Bonchev–Trinajstić information content (AvgIpc) is 2.75. The van der Waals surface area contributed by atoms with Gasteiger partial charge in [-0.15, -0.1) is 0 Å². The van der Waals surface area contributed by atoms with Crippen LogP contribution in [0, 0.1) is 12.8 Å². The number of nitrogens with zero attached hydrogens (tertiary/aromatic N) is 2. The predicted octanol–water partition coefficient (Wildman–Crippen LogP) is 1.80. The summed E-state index contributed by atoms with van der Waals surface area (Å²) in [6.07, 6.45) is 4.20. The molecule has 0 amide bonds. The van der Waals surface area contributed by atoms with Crippen molar-refractivity contribution < 1.29 is 4.42 Å². The standard InChI is InChI=1S/C13H23N3O/c1-3-16(8-12-5-4-6-14-7-12)9-13-11(2)17-10-15-13/h10,12,14H,3-9H2,1-2H3. The summed E-state index contributed by atoms with van der Waals surface area (Å²) in [5.74, 6) is 1.74. The molecule has 4 heteroatoms. The average molecular weight is 237 g/mol. The number of oxazole rings is 1. The maximum atomic E-state index is 5.25. The van der Waals surface area contributed by atoms with Gasteiger partial charge in [-0.3, -0.25) is 4.90 Å². The van der Waals surface area contributed by atoms with Gasteiger partial charge in [0.05, 0.1) is 5.69 Å². The molecule has 1 aromatic heterocycles. The molecule has 1 atom stereocenters. The number of aryl methyl sites for hydroxylation is 1.